The first kappa shape index (κ1) is 16.1. The fourth-order valence-corrected chi connectivity index (χ4v) is 3.14. The van der Waals surface area contributed by atoms with Crippen LogP contribution in [0, 0.1) is 5.92 Å². The SMILES string of the molecule is CC(C)CNCC1CCCN1Cc1cccc(Cl)c1Cl. The standard InChI is InChI=1S/C16H24Cl2N2/c1-12(2)9-19-10-14-6-4-8-20(14)11-13-5-3-7-15(17)16(13)18/h3,5,7,12,14,19H,4,6,8-11H2,1-2H3. The van der Waals surface area contributed by atoms with Crippen LogP contribution in [0.2, 0.25) is 10.0 Å². The summed E-state index contributed by atoms with van der Waals surface area (Å²) >= 11 is 12.4. The predicted molar refractivity (Wildman–Crippen MR) is 87.6 cm³/mol. The first-order valence-corrected chi connectivity index (χ1v) is 8.21. The van der Waals surface area contributed by atoms with E-state index in [1.807, 2.05) is 12.1 Å². The van der Waals surface area contributed by atoms with Gasteiger partial charge in [-0.15, -0.1) is 0 Å². The molecule has 20 heavy (non-hydrogen) atoms. The number of nitrogens with one attached hydrogen (secondary N) is 1. The number of hydrogen-bond donors (Lipinski definition) is 1. The maximum atomic E-state index is 6.29. The lowest BCUT2D eigenvalue weighted by atomic mass is 10.1. The van der Waals surface area contributed by atoms with Gasteiger partial charge < -0.3 is 5.32 Å². The Morgan fingerprint density at radius 1 is 1.35 bits per heavy atom. The zero-order chi connectivity index (χ0) is 14.5. The van der Waals surface area contributed by atoms with Crippen LogP contribution in [0.4, 0.5) is 0 Å². The molecule has 112 valence electrons. The molecule has 0 aliphatic carbocycles. The molecule has 4 heteroatoms. The monoisotopic (exact) mass is 314 g/mol. The highest BCUT2D eigenvalue weighted by Crippen LogP contribution is 2.28. The Kier molecular flexibility index (Phi) is 6.16. The maximum Gasteiger partial charge on any atom is 0.0637 e. The Labute approximate surface area is 132 Å². The molecule has 1 atom stereocenters. The van der Waals surface area contributed by atoms with Crippen molar-refractivity contribution in [1.29, 1.82) is 0 Å². The molecule has 1 N–H and O–H groups in total. The van der Waals surface area contributed by atoms with Crippen molar-refractivity contribution in [2.45, 2.75) is 39.3 Å². The molecule has 0 amide bonds. The van der Waals surface area contributed by atoms with Crippen molar-refractivity contribution >= 4 is 23.2 Å². The van der Waals surface area contributed by atoms with Crippen molar-refractivity contribution in [2.24, 2.45) is 5.92 Å². The van der Waals surface area contributed by atoms with E-state index in [2.05, 4.69) is 30.1 Å². The second kappa shape index (κ2) is 7.65. The molecule has 1 aromatic rings. The van der Waals surface area contributed by atoms with E-state index in [9.17, 15) is 0 Å². The van der Waals surface area contributed by atoms with Crippen LogP contribution in [0.25, 0.3) is 0 Å². The van der Waals surface area contributed by atoms with Crippen LogP contribution in [-0.4, -0.2) is 30.6 Å². The summed E-state index contributed by atoms with van der Waals surface area (Å²) in [4.78, 5) is 2.52. The third kappa shape index (κ3) is 4.36. The molecular formula is C16H24Cl2N2. The molecule has 0 radical (unpaired) electrons. The molecule has 0 spiro atoms. The van der Waals surface area contributed by atoms with Gasteiger partial charge in [-0.05, 0) is 43.5 Å². The van der Waals surface area contributed by atoms with E-state index in [-0.39, 0.29) is 0 Å². The Hall–Kier alpha value is -0.280. The average Bonchev–Trinajstić information content (AvgIpc) is 2.82. The molecule has 0 bridgehead atoms. The van der Waals surface area contributed by atoms with Gasteiger partial charge in [0.1, 0.15) is 0 Å². The number of hydrogen-bond acceptors (Lipinski definition) is 2. The zero-order valence-corrected chi connectivity index (χ0v) is 13.8. The van der Waals surface area contributed by atoms with Crippen LogP contribution < -0.4 is 5.32 Å². The van der Waals surface area contributed by atoms with Crippen LogP contribution >= 0.6 is 23.2 Å². The van der Waals surface area contributed by atoms with E-state index < -0.39 is 0 Å². The summed E-state index contributed by atoms with van der Waals surface area (Å²) < 4.78 is 0. The number of nitrogens with zero attached hydrogens (tertiary/aromatic N) is 1. The lowest BCUT2D eigenvalue weighted by Crippen LogP contribution is -2.38. The van der Waals surface area contributed by atoms with E-state index in [4.69, 9.17) is 23.2 Å². The molecule has 0 saturated carbocycles. The second-order valence-corrected chi connectivity index (χ2v) is 6.82. The van der Waals surface area contributed by atoms with Gasteiger partial charge in [-0.2, -0.15) is 0 Å². The Balaban J connectivity index is 1.92. The summed E-state index contributed by atoms with van der Waals surface area (Å²) in [6.07, 6.45) is 2.54. The lowest BCUT2D eigenvalue weighted by Gasteiger charge is -2.25. The maximum absolute atomic E-state index is 6.29. The lowest BCUT2D eigenvalue weighted by molar-refractivity contribution is 0.237. The van der Waals surface area contributed by atoms with Gasteiger partial charge >= 0.3 is 0 Å². The van der Waals surface area contributed by atoms with Crippen molar-refractivity contribution in [3.05, 3.63) is 33.8 Å². The van der Waals surface area contributed by atoms with Crippen LogP contribution in [-0.2, 0) is 6.54 Å². The Morgan fingerprint density at radius 2 is 2.15 bits per heavy atom. The van der Waals surface area contributed by atoms with Crippen molar-refractivity contribution < 1.29 is 0 Å². The minimum absolute atomic E-state index is 0.615. The van der Waals surface area contributed by atoms with Crippen LogP contribution in [0.15, 0.2) is 18.2 Å². The quantitative estimate of drug-likeness (QED) is 0.846. The zero-order valence-electron chi connectivity index (χ0n) is 12.3. The van der Waals surface area contributed by atoms with E-state index in [0.717, 1.165) is 31.7 Å². The van der Waals surface area contributed by atoms with E-state index >= 15 is 0 Å². The minimum atomic E-state index is 0.615. The third-order valence-corrected chi connectivity index (χ3v) is 4.69. The Bertz CT molecular complexity index is 434. The number of benzene rings is 1. The first-order valence-electron chi connectivity index (χ1n) is 7.45. The van der Waals surface area contributed by atoms with Gasteiger partial charge in [0.15, 0.2) is 0 Å². The molecule has 2 nitrogen and oxygen atoms in total. The van der Waals surface area contributed by atoms with E-state index in [1.165, 1.54) is 12.8 Å². The van der Waals surface area contributed by atoms with E-state index in [0.29, 0.717) is 22.0 Å². The van der Waals surface area contributed by atoms with Crippen molar-refractivity contribution in [2.75, 3.05) is 19.6 Å². The molecule has 1 fully saturated rings. The van der Waals surface area contributed by atoms with Crippen molar-refractivity contribution in [3.63, 3.8) is 0 Å². The fraction of sp³-hybridized carbons (Fsp3) is 0.625. The van der Waals surface area contributed by atoms with Gasteiger partial charge in [0.2, 0.25) is 0 Å². The molecule has 0 aromatic heterocycles. The highest BCUT2D eigenvalue weighted by Gasteiger charge is 2.24. The summed E-state index contributed by atoms with van der Waals surface area (Å²) in [6, 6.07) is 6.51. The predicted octanol–water partition coefficient (Wildman–Crippen LogP) is 4.20. The largest absolute Gasteiger partial charge is 0.315 e. The highest BCUT2D eigenvalue weighted by molar-refractivity contribution is 6.42. The Morgan fingerprint density at radius 3 is 2.90 bits per heavy atom. The molecule has 1 aliphatic heterocycles. The van der Waals surface area contributed by atoms with Gasteiger partial charge in [0.05, 0.1) is 10.0 Å². The minimum Gasteiger partial charge on any atom is -0.315 e. The topological polar surface area (TPSA) is 15.3 Å². The summed E-state index contributed by atoms with van der Waals surface area (Å²) in [5.74, 6) is 0.701. The summed E-state index contributed by atoms with van der Waals surface area (Å²) in [5, 5.41) is 4.92. The van der Waals surface area contributed by atoms with Gasteiger partial charge in [-0.3, -0.25) is 4.90 Å². The fourth-order valence-electron chi connectivity index (χ4n) is 2.76. The van der Waals surface area contributed by atoms with Gasteiger partial charge in [0, 0.05) is 19.1 Å². The molecular weight excluding hydrogens is 291 g/mol. The van der Waals surface area contributed by atoms with Crippen molar-refractivity contribution in [1.82, 2.24) is 10.2 Å². The summed E-state index contributed by atoms with van der Waals surface area (Å²) in [5.41, 5.74) is 1.13. The van der Waals surface area contributed by atoms with Crippen LogP contribution in [0.1, 0.15) is 32.3 Å². The number of likely N-dealkylation sites (tertiary alicyclic amines) is 1. The molecule has 2 rings (SSSR count). The van der Waals surface area contributed by atoms with Crippen molar-refractivity contribution in [3.8, 4) is 0 Å². The van der Waals surface area contributed by atoms with E-state index in [1.54, 1.807) is 0 Å². The van der Waals surface area contributed by atoms with Crippen LogP contribution in [0.5, 0.6) is 0 Å². The summed E-state index contributed by atoms with van der Waals surface area (Å²) in [7, 11) is 0. The van der Waals surface area contributed by atoms with Gasteiger partial charge in [0.25, 0.3) is 0 Å². The number of halogens is 2. The summed E-state index contributed by atoms with van der Waals surface area (Å²) in [6.45, 7) is 8.68. The second-order valence-electron chi connectivity index (χ2n) is 6.03. The molecule has 1 aliphatic rings. The number of rotatable bonds is 6. The van der Waals surface area contributed by atoms with Crippen LogP contribution in [0.3, 0.4) is 0 Å². The normalized spacial score (nSPS) is 19.9. The van der Waals surface area contributed by atoms with Gasteiger partial charge in [-0.1, -0.05) is 49.2 Å². The smallest absolute Gasteiger partial charge is 0.0637 e. The molecule has 1 unspecified atom stereocenters. The highest BCUT2D eigenvalue weighted by atomic mass is 35.5. The van der Waals surface area contributed by atoms with Gasteiger partial charge in [-0.25, -0.2) is 0 Å². The third-order valence-electron chi connectivity index (χ3n) is 3.84. The molecule has 1 saturated heterocycles. The molecule has 1 aromatic carbocycles. The first-order chi connectivity index (χ1) is 9.58. The average molecular weight is 315 g/mol. The molecule has 1 heterocycles.